The smallest absolute Gasteiger partial charge is 0.307 e. The number of hydrogen-bond acceptors (Lipinski definition) is 2. The van der Waals surface area contributed by atoms with E-state index in [1.807, 2.05) is 37.3 Å². The molecule has 4 unspecified atom stereocenters. The number of fused-ring (bicyclic) bond motifs is 2. The van der Waals surface area contributed by atoms with Crippen LogP contribution in [0, 0.1) is 30.6 Å². The number of aliphatic carboxylic acids is 1. The summed E-state index contributed by atoms with van der Waals surface area (Å²) in [4.78, 5) is 24.0. The zero-order valence-corrected chi connectivity index (χ0v) is 13.1. The minimum Gasteiger partial charge on any atom is -0.481 e. The normalized spacial score (nSPS) is 29.6. The van der Waals surface area contributed by atoms with Crippen LogP contribution in [0.15, 0.2) is 34.8 Å². The molecule has 3 rings (SSSR count). The molecule has 0 radical (unpaired) electrons. The van der Waals surface area contributed by atoms with E-state index in [0.717, 1.165) is 16.5 Å². The van der Waals surface area contributed by atoms with E-state index in [4.69, 9.17) is 0 Å². The Morgan fingerprint density at radius 1 is 1.24 bits per heavy atom. The van der Waals surface area contributed by atoms with Crippen LogP contribution in [0.3, 0.4) is 0 Å². The first-order valence-electron chi connectivity index (χ1n) is 6.95. The average molecular weight is 350 g/mol. The van der Waals surface area contributed by atoms with Crippen LogP contribution < -0.4 is 5.32 Å². The van der Waals surface area contributed by atoms with Crippen molar-refractivity contribution in [2.45, 2.75) is 13.3 Å². The maximum absolute atomic E-state index is 12.5. The van der Waals surface area contributed by atoms with Gasteiger partial charge in [0.2, 0.25) is 5.91 Å². The van der Waals surface area contributed by atoms with Crippen molar-refractivity contribution < 1.29 is 14.7 Å². The highest BCUT2D eigenvalue weighted by Gasteiger charge is 2.51. The number of carbonyl (C=O) groups excluding carboxylic acids is 1. The molecule has 0 spiro atoms. The summed E-state index contributed by atoms with van der Waals surface area (Å²) < 4.78 is 0.807. The fourth-order valence-corrected chi connectivity index (χ4v) is 4.05. The number of anilines is 1. The Balaban J connectivity index is 1.82. The Morgan fingerprint density at radius 2 is 1.90 bits per heavy atom. The Hall–Kier alpha value is -1.62. The van der Waals surface area contributed by atoms with E-state index in [2.05, 4.69) is 21.2 Å². The van der Waals surface area contributed by atoms with Crippen LogP contribution in [-0.2, 0) is 9.59 Å². The molecule has 110 valence electrons. The van der Waals surface area contributed by atoms with Crippen LogP contribution >= 0.6 is 15.9 Å². The fourth-order valence-electron chi connectivity index (χ4n) is 3.45. The SMILES string of the molecule is Cc1ccc(NC(=O)C2C3C=CC(C3)C2C(=O)O)c(Br)c1. The quantitative estimate of drug-likeness (QED) is 0.823. The molecule has 0 aliphatic heterocycles. The highest BCUT2D eigenvalue weighted by molar-refractivity contribution is 9.10. The summed E-state index contributed by atoms with van der Waals surface area (Å²) in [5, 5.41) is 12.3. The van der Waals surface area contributed by atoms with Gasteiger partial charge in [-0.3, -0.25) is 9.59 Å². The number of amides is 1. The second-order valence-corrected chi connectivity index (χ2v) is 6.67. The molecule has 1 amide bonds. The van der Waals surface area contributed by atoms with E-state index in [1.165, 1.54) is 0 Å². The number of benzene rings is 1. The molecule has 0 saturated heterocycles. The van der Waals surface area contributed by atoms with Crippen molar-refractivity contribution in [2.24, 2.45) is 23.7 Å². The average Bonchev–Trinajstić information content (AvgIpc) is 3.02. The number of halogens is 1. The third-order valence-electron chi connectivity index (χ3n) is 4.43. The summed E-state index contributed by atoms with van der Waals surface area (Å²) in [6.07, 6.45) is 4.69. The minimum atomic E-state index is -0.880. The molecular weight excluding hydrogens is 334 g/mol. The van der Waals surface area contributed by atoms with Gasteiger partial charge in [-0.05, 0) is 58.8 Å². The fraction of sp³-hybridized carbons (Fsp3) is 0.375. The maximum Gasteiger partial charge on any atom is 0.307 e. The number of rotatable bonds is 3. The summed E-state index contributed by atoms with van der Waals surface area (Å²) in [5.74, 6) is -2.14. The van der Waals surface area contributed by atoms with Gasteiger partial charge in [0.05, 0.1) is 17.5 Å². The molecule has 5 heteroatoms. The van der Waals surface area contributed by atoms with Gasteiger partial charge in [0.25, 0.3) is 0 Å². The van der Waals surface area contributed by atoms with Crippen molar-refractivity contribution in [2.75, 3.05) is 5.32 Å². The molecule has 1 saturated carbocycles. The lowest BCUT2D eigenvalue weighted by Crippen LogP contribution is -2.36. The molecule has 21 heavy (non-hydrogen) atoms. The van der Waals surface area contributed by atoms with E-state index in [9.17, 15) is 14.7 Å². The largest absolute Gasteiger partial charge is 0.481 e. The molecule has 4 atom stereocenters. The molecule has 1 fully saturated rings. The first kappa shape index (κ1) is 14.3. The monoisotopic (exact) mass is 349 g/mol. The van der Waals surface area contributed by atoms with Crippen molar-refractivity contribution in [3.63, 3.8) is 0 Å². The predicted octanol–water partition coefficient (Wildman–Crippen LogP) is 3.22. The number of carboxylic acid groups (broad SMARTS) is 1. The zero-order valence-electron chi connectivity index (χ0n) is 11.5. The highest BCUT2D eigenvalue weighted by Crippen LogP contribution is 2.48. The lowest BCUT2D eigenvalue weighted by Gasteiger charge is -2.24. The Bertz CT molecular complexity index is 640. The Kier molecular flexibility index (Phi) is 3.61. The van der Waals surface area contributed by atoms with E-state index in [-0.39, 0.29) is 17.7 Å². The summed E-state index contributed by atoms with van der Waals surface area (Å²) in [5.41, 5.74) is 1.77. The summed E-state index contributed by atoms with van der Waals surface area (Å²) >= 11 is 3.42. The topological polar surface area (TPSA) is 66.4 Å². The van der Waals surface area contributed by atoms with Gasteiger partial charge in [-0.1, -0.05) is 18.2 Å². The number of aryl methyl sites for hydroxylation is 1. The van der Waals surface area contributed by atoms with Gasteiger partial charge < -0.3 is 10.4 Å². The molecule has 2 aliphatic carbocycles. The number of carbonyl (C=O) groups is 2. The van der Waals surface area contributed by atoms with Crippen molar-refractivity contribution in [1.82, 2.24) is 0 Å². The Morgan fingerprint density at radius 3 is 2.52 bits per heavy atom. The molecule has 4 nitrogen and oxygen atoms in total. The second kappa shape index (κ2) is 5.30. The van der Waals surface area contributed by atoms with Gasteiger partial charge in [-0.2, -0.15) is 0 Å². The van der Waals surface area contributed by atoms with Gasteiger partial charge >= 0.3 is 5.97 Å². The third kappa shape index (κ3) is 2.50. The maximum atomic E-state index is 12.5. The van der Waals surface area contributed by atoms with Crippen molar-refractivity contribution in [3.05, 3.63) is 40.4 Å². The first-order chi connectivity index (χ1) is 9.97. The summed E-state index contributed by atoms with van der Waals surface area (Å²) in [7, 11) is 0. The van der Waals surface area contributed by atoms with Crippen LogP contribution in [0.4, 0.5) is 5.69 Å². The van der Waals surface area contributed by atoms with Gasteiger partial charge in [0, 0.05) is 4.47 Å². The zero-order chi connectivity index (χ0) is 15.1. The number of nitrogens with one attached hydrogen (secondary N) is 1. The lowest BCUT2D eigenvalue weighted by atomic mass is 9.82. The number of hydrogen-bond donors (Lipinski definition) is 2. The molecular formula is C16H16BrNO3. The summed E-state index contributed by atoms with van der Waals surface area (Å²) in [6.45, 7) is 1.97. The van der Waals surface area contributed by atoms with Crippen LogP contribution in [0.5, 0.6) is 0 Å². The van der Waals surface area contributed by atoms with E-state index in [1.54, 1.807) is 0 Å². The molecule has 2 bridgehead atoms. The minimum absolute atomic E-state index is 0.00953. The van der Waals surface area contributed by atoms with E-state index in [0.29, 0.717) is 5.69 Å². The van der Waals surface area contributed by atoms with Crippen molar-refractivity contribution >= 4 is 33.5 Å². The summed E-state index contributed by atoms with van der Waals surface area (Å²) in [6, 6.07) is 5.66. The van der Waals surface area contributed by atoms with E-state index < -0.39 is 17.8 Å². The van der Waals surface area contributed by atoms with Crippen LogP contribution in [0.1, 0.15) is 12.0 Å². The predicted molar refractivity (Wildman–Crippen MR) is 82.9 cm³/mol. The van der Waals surface area contributed by atoms with Crippen LogP contribution in [0.25, 0.3) is 0 Å². The lowest BCUT2D eigenvalue weighted by molar-refractivity contribution is -0.146. The van der Waals surface area contributed by atoms with Gasteiger partial charge in [-0.25, -0.2) is 0 Å². The molecule has 1 aromatic carbocycles. The van der Waals surface area contributed by atoms with E-state index >= 15 is 0 Å². The van der Waals surface area contributed by atoms with Gasteiger partial charge in [0.15, 0.2) is 0 Å². The third-order valence-corrected chi connectivity index (χ3v) is 5.09. The first-order valence-corrected chi connectivity index (χ1v) is 7.75. The number of allylic oxidation sites excluding steroid dienone is 2. The Labute approximate surface area is 131 Å². The molecule has 2 aliphatic rings. The van der Waals surface area contributed by atoms with Crippen molar-refractivity contribution in [3.8, 4) is 0 Å². The number of carboxylic acids is 1. The highest BCUT2D eigenvalue weighted by atomic mass is 79.9. The van der Waals surface area contributed by atoms with Gasteiger partial charge in [-0.15, -0.1) is 0 Å². The van der Waals surface area contributed by atoms with Crippen LogP contribution in [0.2, 0.25) is 0 Å². The molecule has 0 heterocycles. The van der Waals surface area contributed by atoms with Crippen molar-refractivity contribution in [1.29, 1.82) is 0 Å². The molecule has 1 aromatic rings. The van der Waals surface area contributed by atoms with Gasteiger partial charge in [0.1, 0.15) is 0 Å². The molecule has 2 N–H and O–H groups in total. The molecule has 0 aromatic heterocycles. The standard InChI is InChI=1S/C16H16BrNO3/c1-8-2-5-12(11(17)6-8)18-15(19)13-9-3-4-10(7-9)14(13)16(20)21/h2-6,9-10,13-14H,7H2,1H3,(H,18,19)(H,20,21). The second-order valence-electron chi connectivity index (χ2n) is 5.81. The van der Waals surface area contributed by atoms with Crippen LogP contribution in [-0.4, -0.2) is 17.0 Å².